The molecule has 0 unspecified atom stereocenters. The van der Waals surface area contributed by atoms with Gasteiger partial charge < -0.3 is 4.42 Å². The summed E-state index contributed by atoms with van der Waals surface area (Å²) in [4.78, 5) is 1.71. The maximum absolute atomic E-state index is 13.3. The molecule has 1 aliphatic rings. The predicted molar refractivity (Wildman–Crippen MR) is 79.1 cm³/mol. The molecule has 2 heterocycles. The Bertz CT molecular complexity index is 750. The quantitative estimate of drug-likeness (QED) is 0.854. The molecule has 0 bridgehead atoms. The van der Waals surface area contributed by atoms with E-state index in [2.05, 4.69) is 4.90 Å². The number of piperazine rings is 1. The Hall–Kier alpha value is -1.77. The van der Waals surface area contributed by atoms with E-state index in [0.717, 1.165) is 17.9 Å². The lowest BCUT2D eigenvalue weighted by Crippen LogP contribution is -2.48. The van der Waals surface area contributed by atoms with E-state index in [9.17, 15) is 17.2 Å². The van der Waals surface area contributed by atoms with Crippen LogP contribution in [-0.2, 0) is 16.6 Å². The molecule has 1 fully saturated rings. The minimum atomic E-state index is -3.89. The van der Waals surface area contributed by atoms with Crippen molar-refractivity contribution in [2.24, 2.45) is 0 Å². The molecule has 1 aromatic heterocycles. The van der Waals surface area contributed by atoms with Gasteiger partial charge in [-0.1, -0.05) is 0 Å². The highest BCUT2D eigenvalue weighted by molar-refractivity contribution is 7.89. The van der Waals surface area contributed by atoms with Crippen LogP contribution in [0, 0.1) is 11.6 Å². The fraction of sp³-hybridized carbons (Fsp3) is 0.333. The average Bonchev–Trinajstić information content (AvgIpc) is 3.00. The van der Waals surface area contributed by atoms with Crippen LogP contribution in [0.1, 0.15) is 5.76 Å². The van der Waals surface area contributed by atoms with Crippen LogP contribution in [0.4, 0.5) is 8.78 Å². The van der Waals surface area contributed by atoms with Crippen LogP contribution in [0.3, 0.4) is 0 Å². The van der Waals surface area contributed by atoms with Crippen LogP contribution in [0.2, 0.25) is 0 Å². The lowest BCUT2D eigenvalue weighted by Gasteiger charge is -2.33. The van der Waals surface area contributed by atoms with Crippen molar-refractivity contribution in [3.63, 3.8) is 0 Å². The number of hydrogen-bond donors (Lipinski definition) is 0. The molecular formula is C15H16F2N2O3S. The van der Waals surface area contributed by atoms with Gasteiger partial charge in [-0.25, -0.2) is 17.2 Å². The molecule has 1 aromatic carbocycles. The average molecular weight is 342 g/mol. The van der Waals surface area contributed by atoms with Gasteiger partial charge in [0.15, 0.2) is 0 Å². The van der Waals surface area contributed by atoms with Crippen molar-refractivity contribution in [2.75, 3.05) is 26.2 Å². The molecule has 0 amide bonds. The van der Waals surface area contributed by atoms with Gasteiger partial charge >= 0.3 is 0 Å². The first kappa shape index (κ1) is 16.1. The minimum absolute atomic E-state index is 0.265. The van der Waals surface area contributed by atoms with E-state index >= 15 is 0 Å². The second kappa shape index (κ2) is 6.38. The summed E-state index contributed by atoms with van der Waals surface area (Å²) in [6.45, 7) is 2.19. The summed E-state index contributed by atoms with van der Waals surface area (Å²) in [6, 6.07) is 5.99. The third kappa shape index (κ3) is 3.60. The van der Waals surface area contributed by atoms with Gasteiger partial charge in [0.25, 0.3) is 0 Å². The molecule has 2 aromatic rings. The monoisotopic (exact) mass is 342 g/mol. The molecule has 0 atom stereocenters. The highest BCUT2D eigenvalue weighted by Crippen LogP contribution is 2.20. The number of sulfonamides is 1. The summed E-state index contributed by atoms with van der Waals surface area (Å²) in [6.07, 6.45) is 1.59. The van der Waals surface area contributed by atoms with Crippen molar-refractivity contribution in [1.82, 2.24) is 9.21 Å². The van der Waals surface area contributed by atoms with Gasteiger partial charge in [-0.3, -0.25) is 4.90 Å². The summed E-state index contributed by atoms with van der Waals surface area (Å²) in [7, 11) is -3.89. The second-order valence-electron chi connectivity index (χ2n) is 5.36. The molecule has 1 saturated heterocycles. The smallest absolute Gasteiger partial charge is 0.243 e. The van der Waals surface area contributed by atoms with E-state index in [1.54, 1.807) is 12.3 Å². The van der Waals surface area contributed by atoms with E-state index in [4.69, 9.17) is 4.42 Å². The summed E-state index contributed by atoms with van der Waals surface area (Å²) < 4.78 is 58.0. The van der Waals surface area contributed by atoms with Crippen LogP contribution < -0.4 is 0 Å². The van der Waals surface area contributed by atoms with Gasteiger partial charge in [0.2, 0.25) is 10.0 Å². The number of nitrogens with zero attached hydrogens (tertiary/aromatic N) is 2. The maximum atomic E-state index is 13.3. The molecule has 0 N–H and O–H groups in total. The Labute approximate surface area is 133 Å². The zero-order valence-electron chi connectivity index (χ0n) is 12.3. The third-order valence-electron chi connectivity index (χ3n) is 3.76. The van der Waals surface area contributed by atoms with Gasteiger partial charge in [-0.15, -0.1) is 0 Å². The molecule has 8 heteroatoms. The van der Waals surface area contributed by atoms with Crippen LogP contribution in [0.15, 0.2) is 45.9 Å². The fourth-order valence-corrected chi connectivity index (χ4v) is 4.04. The van der Waals surface area contributed by atoms with E-state index < -0.39 is 21.7 Å². The maximum Gasteiger partial charge on any atom is 0.243 e. The Morgan fingerprint density at radius 1 is 1.04 bits per heavy atom. The van der Waals surface area contributed by atoms with Gasteiger partial charge in [0.1, 0.15) is 17.4 Å². The zero-order chi connectivity index (χ0) is 16.4. The molecule has 0 spiro atoms. The SMILES string of the molecule is O=S(=O)(c1cc(F)cc(F)c1)N1CCN(Cc2ccco2)CC1. The topological polar surface area (TPSA) is 53.8 Å². The molecule has 5 nitrogen and oxygen atoms in total. The van der Waals surface area contributed by atoms with Crippen LogP contribution in [0.25, 0.3) is 0 Å². The van der Waals surface area contributed by atoms with E-state index in [1.807, 2.05) is 6.07 Å². The molecule has 0 aliphatic carbocycles. The molecule has 0 radical (unpaired) electrons. The number of halogens is 2. The first-order chi connectivity index (χ1) is 10.9. The predicted octanol–water partition coefficient (Wildman–Crippen LogP) is 2.06. The van der Waals surface area contributed by atoms with Crippen molar-refractivity contribution < 1.29 is 21.6 Å². The number of rotatable bonds is 4. The molecule has 0 saturated carbocycles. The second-order valence-corrected chi connectivity index (χ2v) is 7.30. The van der Waals surface area contributed by atoms with Crippen molar-refractivity contribution >= 4 is 10.0 Å². The van der Waals surface area contributed by atoms with Crippen molar-refractivity contribution in [3.05, 3.63) is 54.0 Å². The standard InChI is InChI=1S/C15H16F2N2O3S/c16-12-8-13(17)10-15(9-12)23(20,21)19-5-3-18(4-6-19)11-14-2-1-7-22-14/h1-2,7-10H,3-6,11H2. The largest absolute Gasteiger partial charge is 0.468 e. The molecule has 3 rings (SSSR count). The number of benzene rings is 1. The number of hydrogen-bond acceptors (Lipinski definition) is 4. The minimum Gasteiger partial charge on any atom is -0.468 e. The Kier molecular flexibility index (Phi) is 4.47. The lowest BCUT2D eigenvalue weighted by molar-refractivity contribution is 0.171. The van der Waals surface area contributed by atoms with Gasteiger partial charge in [-0.05, 0) is 24.3 Å². The zero-order valence-corrected chi connectivity index (χ0v) is 13.1. The van der Waals surface area contributed by atoms with E-state index in [0.29, 0.717) is 25.7 Å². The summed E-state index contributed by atoms with van der Waals surface area (Å²) in [5.41, 5.74) is 0. The fourth-order valence-electron chi connectivity index (χ4n) is 2.58. The van der Waals surface area contributed by atoms with Crippen LogP contribution >= 0.6 is 0 Å². The Morgan fingerprint density at radius 2 is 1.70 bits per heavy atom. The lowest BCUT2D eigenvalue weighted by atomic mass is 10.3. The third-order valence-corrected chi connectivity index (χ3v) is 5.64. The molecule has 124 valence electrons. The normalized spacial score (nSPS) is 17.5. The van der Waals surface area contributed by atoms with Gasteiger partial charge in [0, 0.05) is 32.2 Å². The molecule has 23 heavy (non-hydrogen) atoms. The number of furan rings is 1. The Balaban J connectivity index is 1.68. The Morgan fingerprint density at radius 3 is 2.26 bits per heavy atom. The first-order valence-electron chi connectivity index (χ1n) is 7.16. The van der Waals surface area contributed by atoms with E-state index in [1.165, 1.54) is 4.31 Å². The van der Waals surface area contributed by atoms with Crippen LogP contribution in [-0.4, -0.2) is 43.8 Å². The molecular weight excluding hydrogens is 326 g/mol. The summed E-state index contributed by atoms with van der Waals surface area (Å²) in [5, 5.41) is 0. The van der Waals surface area contributed by atoms with Crippen molar-refractivity contribution in [3.8, 4) is 0 Å². The summed E-state index contributed by atoms with van der Waals surface area (Å²) >= 11 is 0. The summed E-state index contributed by atoms with van der Waals surface area (Å²) in [5.74, 6) is -0.992. The van der Waals surface area contributed by atoms with Gasteiger partial charge in [0.05, 0.1) is 17.7 Å². The van der Waals surface area contributed by atoms with Crippen LogP contribution in [0.5, 0.6) is 0 Å². The first-order valence-corrected chi connectivity index (χ1v) is 8.60. The highest BCUT2D eigenvalue weighted by Gasteiger charge is 2.29. The molecule has 1 aliphatic heterocycles. The van der Waals surface area contributed by atoms with Crippen molar-refractivity contribution in [2.45, 2.75) is 11.4 Å². The highest BCUT2D eigenvalue weighted by atomic mass is 32.2. The van der Waals surface area contributed by atoms with Crippen molar-refractivity contribution in [1.29, 1.82) is 0 Å². The van der Waals surface area contributed by atoms with Gasteiger partial charge in [-0.2, -0.15) is 4.31 Å². The van der Waals surface area contributed by atoms with E-state index in [-0.39, 0.29) is 18.0 Å².